The summed E-state index contributed by atoms with van der Waals surface area (Å²) < 4.78 is 0. The van der Waals surface area contributed by atoms with E-state index in [9.17, 15) is 0 Å². The molecule has 2 unspecified atom stereocenters. The number of rotatable bonds is 3. The number of nitrogens with one attached hydrogen (secondary N) is 1. The molecule has 2 fully saturated rings. The fourth-order valence-electron chi connectivity index (χ4n) is 2.76. The quantitative estimate of drug-likeness (QED) is 0.840. The van der Waals surface area contributed by atoms with E-state index in [2.05, 4.69) is 28.2 Å². The number of pyridine rings is 1. The van der Waals surface area contributed by atoms with Gasteiger partial charge >= 0.3 is 0 Å². The van der Waals surface area contributed by atoms with Crippen LogP contribution in [-0.2, 0) is 0 Å². The number of anilines is 1. The highest BCUT2D eigenvalue weighted by Gasteiger charge is 2.38. The van der Waals surface area contributed by atoms with Crippen molar-refractivity contribution in [1.82, 2.24) is 9.88 Å². The van der Waals surface area contributed by atoms with Gasteiger partial charge in [0.15, 0.2) is 0 Å². The molecule has 1 N–H and O–H groups in total. The van der Waals surface area contributed by atoms with Crippen LogP contribution in [0.1, 0.15) is 26.2 Å². The first-order chi connectivity index (χ1) is 7.83. The summed E-state index contributed by atoms with van der Waals surface area (Å²) in [5.41, 5.74) is 1.15. The van der Waals surface area contributed by atoms with E-state index in [0.717, 1.165) is 17.8 Å². The molecular weight excluding hydrogens is 198 g/mol. The van der Waals surface area contributed by atoms with Crippen LogP contribution in [0, 0.1) is 0 Å². The van der Waals surface area contributed by atoms with Gasteiger partial charge in [-0.3, -0.25) is 9.88 Å². The highest BCUT2D eigenvalue weighted by Crippen LogP contribution is 2.33. The molecule has 1 aromatic rings. The average molecular weight is 217 g/mol. The predicted molar refractivity (Wildman–Crippen MR) is 65.5 cm³/mol. The van der Waals surface area contributed by atoms with Gasteiger partial charge in [0, 0.05) is 37.1 Å². The molecule has 3 nitrogen and oxygen atoms in total. The van der Waals surface area contributed by atoms with Crippen molar-refractivity contribution in [3.63, 3.8) is 0 Å². The van der Waals surface area contributed by atoms with Crippen molar-refractivity contribution in [1.29, 1.82) is 0 Å². The number of aromatic nitrogens is 1. The third kappa shape index (κ3) is 2.05. The third-order valence-electron chi connectivity index (χ3n) is 3.67. The van der Waals surface area contributed by atoms with Gasteiger partial charge in [0.2, 0.25) is 0 Å². The van der Waals surface area contributed by atoms with E-state index in [0.29, 0.717) is 6.04 Å². The molecule has 1 aromatic heterocycles. The smallest absolute Gasteiger partial charge is 0.0529 e. The summed E-state index contributed by atoms with van der Waals surface area (Å²) >= 11 is 0. The van der Waals surface area contributed by atoms with Gasteiger partial charge < -0.3 is 5.32 Å². The predicted octanol–water partition coefficient (Wildman–Crippen LogP) is 2.12. The van der Waals surface area contributed by atoms with E-state index in [1.165, 1.54) is 25.8 Å². The molecule has 0 aromatic carbocycles. The van der Waals surface area contributed by atoms with Crippen LogP contribution in [0.2, 0.25) is 0 Å². The molecule has 2 aliphatic rings. The molecule has 3 heteroatoms. The maximum Gasteiger partial charge on any atom is 0.0529 e. The average Bonchev–Trinajstić information content (AvgIpc) is 3.06. The van der Waals surface area contributed by atoms with Gasteiger partial charge in [-0.15, -0.1) is 0 Å². The Bertz CT molecular complexity index is 347. The summed E-state index contributed by atoms with van der Waals surface area (Å²) in [6.07, 6.45) is 7.79. The molecule has 2 heterocycles. The van der Waals surface area contributed by atoms with Crippen LogP contribution in [0.5, 0.6) is 0 Å². The number of hydrogen-bond donors (Lipinski definition) is 1. The first-order valence-corrected chi connectivity index (χ1v) is 6.25. The van der Waals surface area contributed by atoms with Gasteiger partial charge in [-0.05, 0) is 38.3 Å². The van der Waals surface area contributed by atoms with E-state index in [-0.39, 0.29) is 0 Å². The molecule has 2 atom stereocenters. The van der Waals surface area contributed by atoms with Gasteiger partial charge in [0.1, 0.15) is 0 Å². The fraction of sp³-hybridized carbons (Fsp3) is 0.615. The van der Waals surface area contributed by atoms with Crippen molar-refractivity contribution in [2.75, 3.05) is 11.9 Å². The van der Waals surface area contributed by atoms with Crippen molar-refractivity contribution in [2.45, 2.75) is 44.3 Å². The summed E-state index contributed by atoms with van der Waals surface area (Å²) in [4.78, 5) is 6.80. The van der Waals surface area contributed by atoms with Crippen molar-refractivity contribution in [3.05, 3.63) is 24.5 Å². The zero-order valence-electron chi connectivity index (χ0n) is 9.76. The molecule has 1 aliphatic carbocycles. The Hall–Kier alpha value is -1.09. The van der Waals surface area contributed by atoms with Gasteiger partial charge in [-0.2, -0.15) is 0 Å². The van der Waals surface area contributed by atoms with Crippen LogP contribution < -0.4 is 5.32 Å². The maximum absolute atomic E-state index is 4.14. The summed E-state index contributed by atoms with van der Waals surface area (Å²) in [6.45, 7) is 3.55. The Kier molecular flexibility index (Phi) is 2.56. The topological polar surface area (TPSA) is 28.2 Å². The molecule has 16 heavy (non-hydrogen) atoms. The zero-order chi connectivity index (χ0) is 11.0. The Labute approximate surface area is 96.9 Å². The lowest BCUT2D eigenvalue weighted by Gasteiger charge is -2.19. The highest BCUT2D eigenvalue weighted by molar-refractivity contribution is 5.41. The number of hydrogen-bond acceptors (Lipinski definition) is 3. The standard InChI is InChI=1S/C13H19N3/c1-10-7-12(9-16(10)13-4-5-13)15-11-3-2-6-14-8-11/h2-3,6,8,10,12-13,15H,4-5,7,9H2,1H3. The fourth-order valence-corrected chi connectivity index (χ4v) is 2.76. The van der Waals surface area contributed by atoms with E-state index in [1.54, 1.807) is 0 Å². The molecule has 0 bridgehead atoms. The van der Waals surface area contributed by atoms with Crippen LogP contribution >= 0.6 is 0 Å². The number of likely N-dealkylation sites (tertiary alicyclic amines) is 1. The van der Waals surface area contributed by atoms with Crippen LogP contribution in [-0.4, -0.2) is 34.6 Å². The lowest BCUT2D eigenvalue weighted by Crippen LogP contribution is -2.31. The minimum atomic E-state index is 0.597. The Morgan fingerprint density at radius 3 is 3.00 bits per heavy atom. The molecule has 1 saturated heterocycles. The van der Waals surface area contributed by atoms with Crippen LogP contribution in [0.3, 0.4) is 0 Å². The molecule has 86 valence electrons. The van der Waals surface area contributed by atoms with Crippen molar-refractivity contribution < 1.29 is 0 Å². The molecule has 1 saturated carbocycles. The van der Waals surface area contributed by atoms with Gasteiger partial charge in [-0.1, -0.05) is 0 Å². The Balaban J connectivity index is 1.61. The molecular formula is C13H19N3. The van der Waals surface area contributed by atoms with Crippen molar-refractivity contribution in [2.24, 2.45) is 0 Å². The van der Waals surface area contributed by atoms with Crippen molar-refractivity contribution in [3.8, 4) is 0 Å². The first kappa shape index (κ1) is 10.1. The summed E-state index contributed by atoms with van der Waals surface area (Å²) in [6, 6.07) is 6.30. The monoisotopic (exact) mass is 217 g/mol. The molecule has 0 spiro atoms. The molecule has 1 aliphatic heterocycles. The molecule has 3 rings (SSSR count). The summed E-state index contributed by atoms with van der Waals surface area (Å²) in [7, 11) is 0. The van der Waals surface area contributed by atoms with Gasteiger partial charge in [0.05, 0.1) is 5.69 Å². The SMILES string of the molecule is CC1CC(Nc2cccnc2)CN1C1CC1. The zero-order valence-corrected chi connectivity index (χ0v) is 9.76. The highest BCUT2D eigenvalue weighted by atomic mass is 15.3. The van der Waals surface area contributed by atoms with E-state index in [4.69, 9.17) is 0 Å². The van der Waals surface area contributed by atoms with E-state index < -0.39 is 0 Å². The van der Waals surface area contributed by atoms with E-state index >= 15 is 0 Å². The molecule has 0 radical (unpaired) electrons. The van der Waals surface area contributed by atoms with Crippen LogP contribution in [0.15, 0.2) is 24.5 Å². The van der Waals surface area contributed by atoms with E-state index in [1.807, 2.05) is 18.5 Å². The summed E-state index contributed by atoms with van der Waals surface area (Å²) in [5.74, 6) is 0. The largest absolute Gasteiger partial charge is 0.380 e. The van der Waals surface area contributed by atoms with Crippen molar-refractivity contribution >= 4 is 5.69 Å². The Morgan fingerprint density at radius 1 is 1.44 bits per heavy atom. The molecule has 0 amide bonds. The minimum absolute atomic E-state index is 0.597. The van der Waals surface area contributed by atoms with Gasteiger partial charge in [0.25, 0.3) is 0 Å². The second-order valence-corrected chi connectivity index (χ2v) is 5.10. The summed E-state index contributed by atoms with van der Waals surface area (Å²) in [5, 5.41) is 3.58. The number of nitrogens with zero attached hydrogens (tertiary/aromatic N) is 2. The minimum Gasteiger partial charge on any atom is -0.380 e. The maximum atomic E-state index is 4.14. The third-order valence-corrected chi connectivity index (χ3v) is 3.67. The normalized spacial score (nSPS) is 30.6. The van der Waals surface area contributed by atoms with Gasteiger partial charge in [-0.25, -0.2) is 0 Å². The first-order valence-electron chi connectivity index (χ1n) is 6.25. The second-order valence-electron chi connectivity index (χ2n) is 5.10. The van der Waals surface area contributed by atoms with Crippen LogP contribution in [0.25, 0.3) is 0 Å². The lowest BCUT2D eigenvalue weighted by molar-refractivity contribution is 0.257. The Morgan fingerprint density at radius 2 is 2.31 bits per heavy atom. The second kappa shape index (κ2) is 4.06. The van der Waals surface area contributed by atoms with Crippen LogP contribution in [0.4, 0.5) is 5.69 Å². The lowest BCUT2D eigenvalue weighted by atomic mass is 10.2.